The lowest BCUT2D eigenvalue weighted by atomic mass is 9.97. The van der Waals surface area contributed by atoms with E-state index in [9.17, 15) is 9.59 Å². The molecule has 2 atom stereocenters. The zero-order valence-corrected chi connectivity index (χ0v) is 17.9. The molecule has 7 nitrogen and oxygen atoms in total. The van der Waals surface area contributed by atoms with Crippen LogP contribution in [-0.4, -0.2) is 44.8 Å². The molecular weight excluding hydrogens is 390 g/mol. The summed E-state index contributed by atoms with van der Waals surface area (Å²) in [4.78, 5) is 29.5. The van der Waals surface area contributed by atoms with E-state index in [1.165, 1.54) is 24.3 Å². The number of benzene rings is 1. The van der Waals surface area contributed by atoms with Gasteiger partial charge in [0.2, 0.25) is 0 Å². The molecule has 158 valence electrons. The van der Waals surface area contributed by atoms with E-state index in [0.717, 1.165) is 36.1 Å². The maximum absolute atomic E-state index is 12.7. The molecule has 0 radical (unpaired) electrons. The van der Waals surface area contributed by atoms with Gasteiger partial charge in [0.25, 0.3) is 11.8 Å². The van der Waals surface area contributed by atoms with E-state index >= 15 is 0 Å². The van der Waals surface area contributed by atoms with Crippen molar-refractivity contribution in [2.75, 3.05) is 7.05 Å². The summed E-state index contributed by atoms with van der Waals surface area (Å²) in [5, 5.41) is 3.95. The first kappa shape index (κ1) is 21.6. The quantitative estimate of drug-likeness (QED) is 0.333. The lowest BCUT2D eigenvalue weighted by molar-refractivity contribution is -0.156. The number of alkyl halides is 1. The number of hydrogen-bond donors (Lipinski definition) is 2. The van der Waals surface area contributed by atoms with Gasteiger partial charge < -0.3 is 9.88 Å². The van der Waals surface area contributed by atoms with Crippen molar-refractivity contribution in [2.24, 2.45) is 0 Å². The van der Waals surface area contributed by atoms with Crippen LogP contribution in [0.5, 0.6) is 0 Å². The highest BCUT2D eigenvalue weighted by molar-refractivity contribution is 6.33. The second-order valence-corrected chi connectivity index (χ2v) is 8.02. The Morgan fingerprint density at radius 3 is 2.72 bits per heavy atom. The van der Waals surface area contributed by atoms with Crippen LogP contribution in [0.15, 0.2) is 24.3 Å². The van der Waals surface area contributed by atoms with Crippen LogP contribution in [0.2, 0.25) is 0 Å². The van der Waals surface area contributed by atoms with Crippen LogP contribution in [0.25, 0.3) is 11.0 Å². The average molecular weight is 420 g/mol. The Hall–Kier alpha value is -2.12. The normalized spacial score (nSPS) is 18.9. The minimum absolute atomic E-state index is 0.0947. The molecule has 1 aromatic carbocycles. The lowest BCUT2D eigenvalue weighted by Crippen LogP contribution is -2.68. The zero-order valence-electron chi connectivity index (χ0n) is 17.2. The topological polar surface area (TPSA) is 79.3 Å². The molecule has 2 aromatic rings. The summed E-state index contributed by atoms with van der Waals surface area (Å²) in [5.41, 5.74) is 4.50. The largest absolute Gasteiger partial charge is 0.317 e. The van der Waals surface area contributed by atoms with Crippen molar-refractivity contribution in [3.05, 3.63) is 30.1 Å². The lowest BCUT2D eigenvalue weighted by Gasteiger charge is -2.44. The van der Waals surface area contributed by atoms with Crippen LogP contribution in [0.1, 0.15) is 51.3 Å². The molecule has 2 heterocycles. The second-order valence-electron chi connectivity index (χ2n) is 7.55. The number of para-hydroxylation sites is 2. The fourth-order valence-electron chi connectivity index (χ4n) is 3.79. The monoisotopic (exact) mass is 419 g/mol. The van der Waals surface area contributed by atoms with E-state index < -0.39 is 5.38 Å². The number of rotatable bonds is 11. The molecule has 1 fully saturated rings. The number of nitrogens with zero attached hydrogens (tertiary/aromatic N) is 3. The minimum atomic E-state index is -0.546. The molecule has 1 aliphatic rings. The van der Waals surface area contributed by atoms with Crippen molar-refractivity contribution < 1.29 is 9.59 Å². The van der Waals surface area contributed by atoms with E-state index in [2.05, 4.69) is 22.7 Å². The van der Waals surface area contributed by atoms with Crippen LogP contribution in [0.4, 0.5) is 0 Å². The highest BCUT2D eigenvalue weighted by Gasteiger charge is 2.46. The van der Waals surface area contributed by atoms with Gasteiger partial charge in [-0.05, 0) is 25.6 Å². The first-order valence-corrected chi connectivity index (χ1v) is 10.9. The van der Waals surface area contributed by atoms with Gasteiger partial charge in [-0.3, -0.25) is 15.0 Å². The van der Waals surface area contributed by atoms with Crippen molar-refractivity contribution in [3.63, 3.8) is 0 Å². The molecule has 2 N–H and O–H groups in total. The number of β-lactam (4-membered cyclic amide) rings is 1. The van der Waals surface area contributed by atoms with Gasteiger partial charge in [0.1, 0.15) is 17.7 Å². The molecule has 29 heavy (non-hydrogen) atoms. The van der Waals surface area contributed by atoms with Gasteiger partial charge in [-0.25, -0.2) is 9.99 Å². The van der Waals surface area contributed by atoms with Gasteiger partial charge >= 0.3 is 0 Å². The molecule has 3 rings (SSSR count). The Kier molecular flexibility index (Phi) is 7.50. The molecule has 0 bridgehead atoms. The number of halogens is 1. The molecule has 1 aromatic heterocycles. The van der Waals surface area contributed by atoms with Gasteiger partial charge in [0.05, 0.1) is 23.6 Å². The van der Waals surface area contributed by atoms with Crippen molar-refractivity contribution >= 4 is 34.4 Å². The van der Waals surface area contributed by atoms with Gasteiger partial charge in [-0.15, -0.1) is 11.6 Å². The summed E-state index contributed by atoms with van der Waals surface area (Å²) in [6.07, 6.45) is 6.55. The number of carbonyl (C=O) groups is 2. The molecule has 1 aliphatic heterocycles. The summed E-state index contributed by atoms with van der Waals surface area (Å²) in [5.74, 6) is 0.296. The van der Waals surface area contributed by atoms with E-state index in [0.29, 0.717) is 6.54 Å². The summed E-state index contributed by atoms with van der Waals surface area (Å²) in [6.45, 7) is 2.83. The average Bonchev–Trinajstić information content (AvgIpc) is 3.06. The Morgan fingerprint density at radius 2 is 1.97 bits per heavy atom. The maximum atomic E-state index is 12.7. The molecule has 1 saturated heterocycles. The highest BCUT2D eigenvalue weighted by Crippen LogP contribution is 2.28. The highest BCUT2D eigenvalue weighted by atomic mass is 35.5. The SMILES string of the molecule is CCCCCCCC1C(Cl)C(=O)N1NC(=O)Cn1c(CNC)nc2ccccc21. The third kappa shape index (κ3) is 4.90. The molecule has 8 heteroatoms. The standard InChI is InChI=1S/C21H30ClN5O2/c1-3-4-5-6-7-12-17-20(22)21(29)27(17)25-19(28)14-26-16-11-9-8-10-15(16)24-18(26)13-23-2/h8-11,17,20,23H,3-7,12-14H2,1-2H3,(H,25,28). The Balaban J connectivity index is 1.62. The molecule has 0 spiro atoms. The fraction of sp³-hybridized carbons (Fsp3) is 0.571. The van der Waals surface area contributed by atoms with E-state index in [-0.39, 0.29) is 24.4 Å². The van der Waals surface area contributed by atoms with Gasteiger partial charge in [-0.2, -0.15) is 0 Å². The Labute approximate surface area is 176 Å². The van der Waals surface area contributed by atoms with Gasteiger partial charge in [0.15, 0.2) is 0 Å². The molecule has 2 amide bonds. The third-order valence-electron chi connectivity index (χ3n) is 5.36. The second kappa shape index (κ2) is 10.1. The first-order valence-electron chi connectivity index (χ1n) is 10.4. The number of unbranched alkanes of at least 4 members (excludes halogenated alkanes) is 4. The molecular formula is C21H30ClN5O2. The maximum Gasteiger partial charge on any atom is 0.261 e. The molecule has 0 aliphatic carbocycles. The predicted molar refractivity (Wildman–Crippen MR) is 114 cm³/mol. The van der Waals surface area contributed by atoms with Crippen molar-refractivity contribution in [3.8, 4) is 0 Å². The number of aromatic nitrogens is 2. The number of hydrogen-bond acceptors (Lipinski definition) is 4. The Morgan fingerprint density at radius 1 is 1.21 bits per heavy atom. The summed E-state index contributed by atoms with van der Waals surface area (Å²) < 4.78 is 1.88. The van der Waals surface area contributed by atoms with Crippen LogP contribution in [-0.2, 0) is 22.7 Å². The number of hydrazine groups is 1. The van der Waals surface area contributed by atoms with Crippen LogP contribution >= 0.6 is 11.6 Å². The number of carbonyl (C=O) groups excluding carboxylic acids is 2. The van der Waals surface area contributed by atoms with E-state index in [1.807, 2.05) is 35.9 Å². The number of fused-ring (bicyclic) bond motifs is 1. The van der Waals surface area contributed by atoms with E-state index in [4.69, 9.17) is 11.6 Å². The van der Waals surface area contributed by atoms with Gasteiger partial charge in [-0.1, -0.05) is 51.2 Å². The molecule has 0 saturated carbocycles. The van der Waals surface area contributed by atoms with E-state index in [1.54, 1.807) is 0 Å². The predicted octanol–water partition coefficient (Wildman–Crippen LogP) is 2.97. The van der Waals surface area contributed by atoms with Gasteiger partial charge in [0, 0.05) is 0 Å². The zero-order chi connectivity index (χ0) is 20.8. The van der Waals surface area contributed by atoms with Crippen molar-refractivity contribution in [2.45, 2.75) is 70.0 Å². The smallest absolute Gasteiger partial charge is 0.261 e. The van der Waals surface area contributed by atoms with Crippen LogP contribution in [0, 0.1) is 0 Å². The number of nitrogens with one attached hydrogen (secondary N) is 2. The summed E-state index contributed by atoms with van der Waals surface area (Å²) in [7, 11) is 1.84. The van der Waals surface area contributed by atoms with Crippen LogP contribution in [0.3, 0.4) is 0 Å². The first-order chi connectivity index (χ1) is 14.1. The summed E-state index contributed by atoms with van der Waals surface area (Å²) in [6, 6.07) is 7.58. The van der Waals surface area contributed by atoms with Crippen molar-refractivity contribution in [1.29, 1.82) is 0 Å². The fourth-order valence-corrected chi connectivity index (χ4v) is 4.13. The minimum Gasteiger partial charge on any atom is -0.317 e. The number of imidazole rings is 1. The third-order valence-corrected chi connectivity index (χ3v) is 5.84. The van der Waals surface area contributed by atoms with Crippen LogP contribution < -0.4 is 10.7 Å². The van der Waals surface area contributed by atoms with Crippen molar-refractivity contribution in [1.82, 2.24) is 25.3 Å². The molecule has 2 unspecified atom stereocenters. The Bertz CT molecular complexity index is 853. The summed E-state index contributed by atoms with van der Waals surface area (Å²) >= 11 is 6.21. The number of amides is 2.